The molecule has 2 aliphatic rings. The molecule has 9 heavy (non-hydrogen) atoms. The van der Waals surface area contributed by atoms with E-state index in [1.54, 1.807) is 0 Å². The fourth-order valence-electron chi connectivity index (χ4n) is 1.83. The van der Waals surface area contributed by atoms with Gasteiger partial charge in [-0.15, -0.1) is 0 Å². The number of fused-ring (bicyclic) bond motifs is 1. The molecule has 2 fully saturated rings. The van der Waals surface area contributed by atoms with Crippen molar-refractivity contribution in [1.82, 2.24) is 9.62 Å². The highest BCUT2D eigenvalue weighted by Gasteiger charge is 2.34. The molecule has 2 unspecified atom stereocenters. The lowest BCUT2D eigenvalue weighted by atomic mass is 10.1. The Morgan fingerprint density at radius 1 is 1.44 bits per heavy atom. The molecule has 0 radical (unpaired) electrons. The van der Waals surface area contributed by atoms with E-state index in [9.17, 15) is 0 Å². The predicted molar refractivity (Wildman–Crippen MR) is 40.5 cm³/mol. The van der Waals surface area contributed by atoms with E-state index in [4.69, 9.17) is 0 Å². The monoisotopic (exact) mass is 144 g/mol. The van der Waals surface area contributed by atoms with E-state index in [0.29, 0.717) is 0 Å². The maximum Gasteiger partial charge on any atom is 0.0245 e. The summed E-state index contributed by atoms with van der Waals surface area (Å²) in [5.41, 5.74) is 0. The Labute approximate surface area is 61.2 Å². The first kappa shape index (κ1) is 6.01. The summed E-state index contributed by atoms with van der Waals surface area (Å²) in [6.07, 6.45) is 1.35. The first-order valence-electron chi connectivity index (χ1n) is 3.53. The van der Waals surface area contributed by atoms with Gasteiger partial charge in [-0.3, -0.25) is 4.31 Å². The van der Waals surface area contributed by atoms with E-state index in [0.717, 1.165) is 18.5 Å². The fourth-order valence-corrected chi connectivity index (χ4v) is 2.21. The van der Waals surface area contributed by atoms with Crippen molar-refractivity contribution in [3.05, 3.63) is 0 Å². The standard InChI is InChI=1S/C6H12N2S/c9-8-3-5-1-2-7-6(5)4-8/h5-7,9H,1-4H2. The van der Waals surface area contributed by atoms with Crippen LogP contribution in [-0.4, -0.2) is 30.0 Å². The molecule has 2 heterocycles. The Balaban J connectivity index is 2.02. The van der Waals surface area contributed by atoms with Crippen LogP contribution in [0.4, 0.5) is 0 Å². The number of hydrogen-bond acceptors (Lipinski definition) is 3. The molecule has 2 nitrogen and oxygen atoms in total. The summed E-state index contributed by atoms with van der Waals surface area (Å²) in [6.45, 7) is 3.53. The Hall–Kier alpha value is 0.270. The second-order valence-corrected chi connectivity index (χ2v) is 3.55. The molecule has 2 atom stereocenters. The van der Waals surface area contributed by atoms with Crippen molar-refractivity contribution in [1.29, 1.82) is 0 Å². The summed E-state index contributed by atoms with van der Waals surface area (Å²) in [5.74, 6) is 0.891. The van der Waals surface area contributed by atoms with Gasteiger partial charge in [-0.25, -0.2) is 0 Å². The van der Waals surface area contributed by atoms with E-state index in [2.05, 4.69) is 22.4 Å². The summed E-state index contributed by atoms with van der Waals surface area (Å²) < 4.78 is 2.11. The van der Waals surface area contributed by atoms with Crippen molar-refractivity contribution < 1.29 is 0 Å². The maximum absolute atomic E-state index is 4.29. The van der Waals surface area contributed by atoms with Crippen molar-refractivity contribution in [2.24, 2.45) is 5.92 Å². The largest absolute Gasteiger partial charge is 0.312 e. The van der Waals surface area contributed by atoms with Crippen molar-refractivity contribution in [3.8, 4) is 0 Å². The number of nitrogens with one attached hydrogen (secondary N) is 1. The van der Waals surface area contributed by atoms with Gasteiger partial charge in [-0.1, -0.05) is 12.8 Å². The van der Waals surface area contributed by atoms with Crippen LogP contribution in [0.2, 0.25) is 0 Å². The summed E-state index contributed by atoms with van der Waals surface area (Å²) in [6, 6.07) is 0.752. The van der Waals surface area contributed by atoms with Gasteiger partial charge in [0.2, 0.25) is 0 Å². The van der Waals surface area contributed by atoms with Gasteiger partial charge in [0.05, 0.1) is 0 Å². The zero-order valence-electron chi connectivity index (χ0n) is 5.38. The van der Waals surface area contributed by atoms with Gasteiger partial charge < -0.3 is 5.32 Å². The minimum absolute atomic E-state index is 0.752. The summed E-state index contributed by atoms with van der Waals surface area (Å²) in [5, 5.41) is 3.46. The molecule has 0 aliphatic carbocycles. The maximum atomic E-state index is 4.29. The van der Waals surface area contributed by atoms with E-state index >= 15 is 0 Å². The molecule has 0 aromatic rings. The van der Waals surface area contributed by atoms with Crippen molar-refractivity contribution in [2.75, 3.05) is 19.6 Å². The average molecular weight is 144 g/mol. The minimum atomic E-state index is 0.752. The fraction of sp³-hybridized carbons (Fsp3) is 1.00. The lowest BCUT2D eigenvalue weighted by molar-refractivity contribution is 0.524. The minimum Gasteiger partial charge on any atom is -0.312 e. The van der Waals surface area contributed by atoms with Crippen LogP contribution in [-0.2, 0) is 0 Å². The van der Waals surface area contributed by atoms with Gasteiger partial charge >= 0.3 is 0 Å². The van der Waals surface area contributed by atoms with Gasteiger partial charge in [0.1, 0.15) is 0 Å². The molecule has 1 N–H and O–H groups in total. The smallest absolute Gasteiger partial charge is 0.0245 e. The molecule has 52 valence electrons. The molecule has 0 aromatic carbocycles. The third-order valence-electron chi connectivity index (χ3n) is 2.34. The molecule has 2 rings (SSSR count). The molecular weight excluding hydrogens is 132 g/mol. The van der Waals surface area contributed by atoms with Gasteiger partial charge in [0, 0.05) is 19.1 Å². The van der Waals surface area contributed by atoms with Crippen LogP contribution < -0.4 is 5.32 Å². The van der Waals surface area contributed by atoms with Crippen molar-refractivity contribution in [3.63, 3.8) is 0 Å². The summed E-state index contributed by atoms with van der Waals surface area (Å²) in [4.78, 5) is 0. The van der Waals surface area contributed by atoms with Crippen molar-refractivity contribution >= 4 is 12.8 Å². The molecule has 0 bridgehead atoms. The second kappa shape index (κ2) is 2.15. The van der Waals surface area contributed by atoms with E-state index in [1.165, 1.54) is 19.5 Å². The lowest BCUT2D eigenvalue weighted by Gasteiger charge is -2.06. The van der Waals surface area contributed by atoms with Crippen LogP contribution in [0.25, 0.3) is 0 Å². The molecule has 0 saturated carbocycles. The summed E-state index contributed by atoms with van der Waals surface area (Å²) in [7, 11) is 0. The van der Waals surface area contributed by atoms with Crippen LogP contribution in [0.3, 0.4) is 0 Å². The van der Waals surface area contributed by atoms with Gasteiger partial charge in [0.15, 0.2) is 0 Å². The normalized spacial score (nSPS) is 43.7. The molecule has 2 aliphatic heterocycles. The number of hydrogen-bond donors (Lipinski definition) is 2. The van der Waals surface area contributed by atoms with E-state index in [1.807, 2.05) is 0 Å². The van der Waals surface area contributed by atoms with Crippen LogP contribution in [0.1, 0.15) is 6.42 Å². The van der Waals surface area contributed by atoms with E-state index in [-0.39, 0.29) is 0 Å². The van der Waals surface area contributed by atoms with Crippen LogP contribution in [0.5, 0.6) is 0 Å². The number of nitrogens with zero attached hydrogens (tertiary/aromatic N) is 1. The zero-order chi connectivity index (χ0) is 6.27. The lowest BCUT2D eigenvalue weighted by Crippen LogP contribution is -2.27. The quantitative estimate of drug-likeness (QED) is 0.470. The van der Waals surface area contributed by atoms with Gasteiger partial charge in [0.25, 0.3) is 0 Å². The Morgan fingerprint density at radius 3 is 3.11 bits per heavy atom. The Bertz CT molecular complexity index is 106. The molecule has 3 heteroatoms. The van der Waals surface area contributed by atoms with Crippen LogP contribution >= 0.6 is 12.8 Å². The predicted octanol–water partition coefficient (Wildman–Crippen LogP) is 0.125. The first-order valence-corrected chi connectivity index (χ1v) is 3.93. The van der Waals surface area contributed by atoms with Gasteiger partial charge in [-0.05, 0) is 18.9 Å². The highest BCUT2D eigenvalue weighted by atomic mass is 32.1. The van der Waals surface area contributed by atoms with Gasteiger partial charge in [-0.2, -0.15) is 0 Å². The van der Waals surface area contributed by atoms with E-state index < -0.39 is 0 Å². The topological polar surface area (TPSA) is 15.3 Å². The number of rotatable bonds is 0. The third kappa shape index (κ3) is 0.974. The molecule has 0 spiro atoms. The molecule has 0 amide bonds. The van der Waals surface area contributed by atoms with Crippen LogP contribution in [0.15, 0.2) is 0 Å². The molecular formula is C6H12N2S. The second-order valence-electron chi connectivity index (χ2n) is 2.98. The highest BCUT2D eigenvalue weighted by Crippen LogP contribution is 2.24. The Morgan fingerprint density at radius 2 is 2.33 bits per heavy atom. The summed E-state index contributed by atoms with van der Waals surface area (Å²) >= 11 is 4.29. The number of thiol groups is 1. The third-order valence-corrected chi connectivity index (χ3v) is 2.67. The SMILES string of the molecule is SN1CC2CCNC2C1. The zero-order valence-corrected chi connectivity index (χ0v) is 6.27. The van der Waals surface area contributed by atoms with Crippen molar-refractivity contribution in [2.45, 2.75) is 12.5 Å². The molecule has 2 saturated heterocycles. The average Bonchev–Trinajstić information content (AvgIpc) is 2.22. The Kier molecular flexibility index (Phi) is 1.43. The highest BCUT2D eigenvalue weighted by molar-refractivity contribution is 7.77. The molecule has 0 aromatic heterocycles. The first-order chi connectivity index (χ1) is 4.36. The van der Waals surface area contributed by atoms with Crippen LogP contribution in [0, 0.1) is 5.92 Å².